The Morgan fingerprint density at radius 2 is 2.22 bits per heavy atom. The van der Waals surface area contributed by atoms with Crippen LogP contribution < -0.4 is 0 Å². The van der Waals surface area contributed by atoms with Crippen LogP contribution in [-0.2, 0) is 14.3 Å². The number of esters is 1. The summed E-state index contributed by atoms with van der Waals surface area (Å²) in [7, 11) is 0. The molecule has 18 heavy (non-hydrogen) atoms. The van der Waals surface area contributed by atoms with Crippen molar-refractivity contribution in [1.82, 2.24) is 0 Å². The highest BCUT2D eigenvalue weighted by molar-refractivity contribution is 5.75. The maximum Gasteiger partial charge on any atom is 0.309 e. The second-order valence-electron chi connectivity index (χ2n) is 6.71. The van der Waals surface area contributed by atoms with Gasteiger partial charge in [-0.1, -0.05) is 19.1 Å². The van der Waals surface area contributed by atoms with Gasteiger partial charge in [-0.05, 0) is 32.1 Å². The lowest BCUT2D eigenvalue weighted by Crippen LogP contribution is -2.37. The average Bonchev–Trinajstić information content (AvgIpc) is 2.82. The number of carbonyl (C=O) groups is 1. The molecule has 0 aromatic heterocycles. The fourth-order valence-corrected chi connectivity index (χ4v) is 4.68. The lowest BCUT2D eigenvalue weighted by Gasteiger charge is -2.30. The molecule has 3 heteroatoms. The Balaban J connectivity index is 1.75. The smallest absolute Gasteiger partial charge is 0.309 e. The summed E-state index contributed by atoms with van der Waals surface area (Å²) in [5, 5.41) is 0. The first-order valence-corrected chi connectivity index (χ1v) is 7.08. The Morgan fingerprint density at radius 1 is 1.44 bits per heavy atom. The molecular weight excluding hydrogens is 228 g/mol. The average molecular weight is 248 g/mol. The van der Waals surface area contributed by atoms with Crippen molar-refractivity contribution in [3.05, 3.63) is 12.2 Å². The Morgan fingerprint density at radius 3 is 3.00 bits per heavy atom. The molecule has 0 aromatic carbocycles. The molecule has 1 unspecified atom stereocenters. The summed E-state index contributed by atoms with van der Waals surface area (Å²) in [5.41, 5.74) is 1.31. The second kappa shape index (κ2) is 3.19. The van der Waals surface area contributed by atoms with Crippen LogP contribution in [0.2, 0.25) is 0 Å². The number of carbonyl (C=O) groups excluding carboxylic acids is 1. The van der Waals surface area contributed by atoms with Gasteiger partial charge >= 0.3 is 5.97 Å². The first-order valence-electron chi connectivity index (χ1n) is 7.08. The molecule has 2 aliphatic carbocycles. The lowest BCUT2D eigenvalue weighted by molar-refractivity contribution is -0.147. The highest BCUT2D eigenvalue weighted by Crippen LogP contribution is 2.63. The van der Waals surface area contributed by atoms with Crippen molar-refractivity contribution in [2.24, 2.45) is 23.7 Å². The fourth-order valence-electron chi connectivity index (χ4n) is 4.68. The van der Waals surface area contributed by atoms with Crippen LogP contribution >= 0.6 is 0 Å². The van der Waals surface area contributed by atoms with Crippen molar-refractivity contribution in [1.29, 1.82) is 0 Å². The number of epoxide rings is 1. The standard InChI is InChI=1S/C15H20O3/c1-7-4-5-9-8(2)14(16)17-13(9)12-10(7)6-11-15(12,3)18-11/h8-13H,1,4-6H2,2-3H3/t8?,9-,10-,11+,12-,13-,15+/m0/s1. The summed E-state index contributed by atoms with van der Waals surface area (Å²) >= 11 is 0. The lowest BCUT2D eigenvalue weighted by atomic mass is 9.77. The van der Waals surface area contributed by atoms with Crippen molar-refractivity contribution in [3.8, 4) is 0 Å². The van der Waals surface area contributed by atoms with Crippen LogP contribution in [0.1, 0.15) is 33.1 Å². The molecule has 0 N–H and O–H groups in total. The molecule has 0 amide bonds. The number of fused-ring (bicyclic) bond motifs is 5. The van der Waals surface area contributed by atoms with E-state index in [2.05, 4.69) is 13.5 Å². The number of ether oxygens (including phenoxy) is 2. The Kier molecular flexibility index (Phi) is 1.95. The largest absolute Gasteiger partial charge is 0.461 e. The second-order valence-corrected chi connectivity index (χ2v) is 6.71. The van der Waals surface area contributed by atoms with E-state index < -0.39 is 0 Å². The van der Waals surface area contributed by atoms with Crippen molar-refractivity contribution < 1.29 is 14.3 Å². The number of allylic oxidation sites excluding steroid dienone is 1. The van der Waals surface area contributed by atoms with Gasteiger partial charge in [0.05, 0.1) is 17.6 Å². The zero-order chi connectivity index (χ0) is 12.7. The topological polar surface area (TPSA) is 38.8 Å². The summed E-state index contributed by atoms with van der Waals surface area (Å²) in [6.45, 7) is 8.48. The minimum absolute atomic E-state index is 0.0102. The van der Waals surface area contributed by atoms with Crippen LogP contribution in [0.25, 0.3) is 0 Å². The molecule has 2 heterocycles. The summed E-state index contributed by atoms with van der Waals surface area (Å²) in [6.07, 6.45) is 3.61. The number of hydrogen-bond acceptors (Lipinski definition) is 3. The third-order valence-electron chi connectivity index (χ3n) is 5.91. The highest BCUT2D eigenvalue weighted by atomic mass is 16.6. The van der Waals surface area contributed by atoms with Gasteiger partial charge in [0.25, 0.3) is 0 Å². The highest BCUT2D eigenvalue weighted by Gasteiger charge is 2.70. The summed E-state index contributed by atoms with van der Waals surface area (Å²) in [4.78, 5) is 11.9. The third kappa shape index (κ3) is 1.16. The number of rotatable bonds is 0. The van der Waals surface area contributed by atoms with Crippen LogP contribution in [0, 0.1) is 23.7 Å². The molecule has 0 aromatic rings. The summed E-state index contributed by atoms with van der Waals surface area (Å²) in [5.74, 6) is 1.24. The van der Waals surface area contributed by atoms with Gasteiger partial charge in [0, 0.05) is 11.8 Å². The molecule has 4 rings (SSSR count). The first kappa shape index (κ1) is 11.0. The quantitative estimate of drug-likeness (QED) is 0.375. The first-order chi connectivity index (χ1) is 8.52. The van der Waals surface area contributed by atoms with Crippen LogP contribution in [0.15, 0.2) is 12.2 Å². The zero-order valence-corrected chi connectivity index (χ0v) is 11.0. The van der Waals surface area contributed by atoms with Crippen molar-refractivity contribution in [3.63, 3.8) is 0 Å². The van der Waals surface area contributed by atoms with Crippen LogP contribution in [0.4, 0.5) is 0 Å². The molecular formula is C15H20O3. The van der Waals surface area contributed by atoms with Gasteiger partial charge in [0.15, 0.2) is 0 Å². The van der Waals surface area contributed by atoms with E-state index in [1.807, 2.05) is 6.92 Å². The van der Waals surface area contributed by atoms with Gasteiger partial charge in [-0.2, -0.15) is 0 Å². The maximum atomic E-state index is 11.9. The monoisotopic (exact) mass is 248 g/mol. The van der Waals surface area contributed by atoms with Crippen LogP contribution in [0.5, 0.6) is 0 Å². The molecule has 7 atom stereocenters. The molecule has 3 nitrogen and oxygen atoms in total. The van der Waals surface area contributed by atoms with Gasteiger partial charge in [-0.3, -0.25) is 4.79 Å². The molecule has 2 aliphatic heterocycles. The van der Waals surface area contributed by atoms with Gasteiger partial charge in [0.2, 0.25) is 0 Å². The van der Waals surface area contributed by atoms with Crippen molar-refractivity contribution >= 4 is 5.97 Å². The van der Waals surface area contributed by atoms with E-state index >= 15 is 0 Å². The van der Waals surface area contributed by atoms with Crippen molar-refractivity contribution in [2.45, 2.75) is 50.9 Å². The molecule has 4 fully saturated rings. The molecule has 0 spiro atoms. The Labute approximate surface area is 108 Å². The predicted octanol–water partition coefficient (Wildman–Crippen LogP) is 2.31. The molecule has 0 radical (unpaired) electrons. The van der Waals surface area contributed by atoms with E-state index in [-0.39, 0.29) is 23.6 Å². The number of hydrogen-bond donors (Lipinski definition) is 0. The van der Waals surface area contributed by atoms with E-state index in [1.54, 1.807) is 0 Å². The van der Waals surface area contributed by atoms with Gasteiger partial charge in [-0.25, -0.2) is 0 Å². The maximum absolute atomic E-state index is 11.9. The summed E-state index contributed by atoms with van der Waals surface area (Å²) < 4.78 is 11.6. The molecule has 98 valence electrons. The summed E-state index contributed by atoms with van der Waals surface area (Å²) in [6, 6.07) is 0. The van der Waals surface area contributed by atoms with E-state index in [0.717, 1.165) is 19.3 Å². The Bertz CT molecular complexity index is 443. The van der Waals surface area contributed by atoms with Crippen LogP contribution in [0.3, 0.4) is 0 Å². The van der Waals surface area contributed by atoms with E-state index in [9.17, 15) is 4.79 Å². The molecule has 0 bridgehead atoms. The van der Waals surface area contributed by atoms with Crippen LogP contribution in [-0.4, -0.2) is 23.8 Å². The van der Waals surface area contributed by atoms with Gasteiger partial charge in [-0.15, -0.1) is 0 Å². The molecule has 4 aliphatic rings. The van der Waals surface area contributed by atoms with E-state index in [4.69, 9.17) is 9.47 Å². The van der Waals surface area contributed by atoms with E-state index in [0.29, 0.717) is 23.9 Å². The minimum Gasteiger partial charge on any atom is -0.461 e. The predicted molar refractivity (Wildman–Crippen MR) is 65.8 cm³/mol. The van der Waals surface area contributed by atoms with Gasteiger partial charge in [0.1, 0.15) is 6.10 Å². The van der Waals surface area contributed by atoms with Crippen molar-refractivity contribution in [2.75, 3.05) is 0 Å². The van der Waals surface area contributed by atoms with Gasteiger partial charge < -0.3 is 9.47 Å². The molecule has 2 saturated carbocycles. The fraction of sp³-hybridized carbons (Fsp3) is 0.800. The Hall–Kier alpha value is -0.830. The SMILES string of the molecule is C=C1CC[C@H]2C(C)C(=O)O[C@@H]2[C@@H]2[C@H]1C[C@H]1O[C@@]21C. The zero-order valence-electron chi connectivity index (χ0n) is 11.0. The van der Waals surface area contributed by atoms with E-state index in [1.165, 1.54) is 5.57 Å². The molecule has 2 saturated heterocycles. The normalized spacial score (nSPS) is 57.4. The third-order valence-corrected chi connectivity index (χ3v) is 5.91. The minimum atomic E-state index is -0.0504.